The second-order valence-corrected chi connectivity index (χ2v) is 7.97. The molecule has 0 saturated carbocycles. The van der Waals surface area contributed by atoms with Crippen LogP contribution in [0.5, 0.6) is 0 Å². The number of esters is 1. The molecule has 1 amide bonds. The highest BCUT2D eigenvalue weighted by atomic mass is 35.5. The number of amides is 1. The highest BCUT2D eigenvalue weighted by Gasteiger charge is 2.67. The van der Waals surface area contributed by atoms with Crippen molar-refractivity contribution in [3.63, 3.8) is 0 Å². The van der Waals surface area contributed by atoms with E-state index in [2.05, 4.69) is 6.92 Å². The van der Waals surface area contributed by atoms with Crippen LogP contribution < -0.4 is 4.90 Å². The van der Waals surface area contributed by atoms with Crippen molar-refractivity contribution in [1.29, 1.82) is 0 Å². The van der Waals surface area contributed by atoms with Gasteiger partial charge in [-0.05, 0) is 24.6 Å². The minimum absolute atomic E-state index is 0.1000. The number of anilines is 1. The fourth-order valence-electron chi connectivity index (χ4n) is 4.43. The number of halogens is 1. The maximum absolute atomic E-state index is 13.2. The smallest absolute Gasteiger partial charge is 0.312 e. The van der Waals surface area contributed by atoms with Crippen LogP contribution in [0, 0.1) is 11.8 Å². The van der Waals surface area contributed by atoms with Gasteiger partial charge in [-0.2, -0.15) is 0 Å². The fraction of sp³-hybridized carbons (Fsp3) is 0.524. The number of carbonyl (C=O) groups excluding carboxylic acids is 2. The molecule has 6 heteroatoms. The molecule has 3 aliphatic heterocycles. The van der Waals surface area contributed by atoms with Crippen molar-refractivity contribution >= 4 is 29.2 Å². The van der Waals surface area contributed by atoms with Gasteiger partial charge in [0.25, 0.3) is 0 Å². The Hall–Kier alpha value is -1.85. The van der Waals surface area contributed by atoms with E-state index in [9.17, 15) is 9.59 Å². The molecule has 1 aromatic carbocycles. The zero-order chi connectivity index (χ0) is 19.0. The fourth-order valence-corrected chi connectivity index (χ4v) is 4.61. The number of unbranched alkanes of at least 4 members (excludes halogenated alkanes) is 3. The molecule has 4 rings (SSSR count). The highest BCUT2D eigenvalue weighted by molar-refractivity contribution is 6.31. The molecule has 3 heterocycles. The lowest BCUT2D eigenvalue weighted by molar-refractivity contribution is -0.152. The molecule has 1 spiro atoms. The molecule has 2 fully saturated rings. The zero-order valence-electron chi connectivity index (χ0n) is 15.4. The Morgan fingerprint density at radius 3 is 3.00 bits per heavy atom. The molecule has 0 unspecified atom stereocenters. The zero-order valence-corrected chi connectivity index (χ0v) is 16.2. The van der Waals surface area contributed by atoms with Gasteiger partial charge in [-0.15, -0.1) is 0 Å². The van der Waals surface area contributed by atoms with Gasteiger partial charge >= 0.3 is 5.97 Å². The third-order valence-corrected chi connectivity index (χ3v) is 5.97. The Morgan fingerprint density at radius 2 is 2.22 bits per heavy atom. The van der Waals surface area contributed by atoms with Crippen molar-refractivity contribution in [3.8, 4) is 0 Å². The van der Waals surface area contributed by atoms with Gasteiger partial charge in [0.15, 0.2) is 0 Å². The summed E-state index contributed by atoms with van der Waals surface area (Å²) in [5.41, 5.74) is -0.0147. The average Bonchev–Trinajstić information content (AvgIpc) is 3.30. The maximum Gasteiger partial charge on any atom is 0.312 e. The van der Waals surface area contributed by atoms with Crippen molar-refractivity contribution in [2.45, 2.75) is 44.3 Å². The summed E-state index contributed by atoms with van der Waals surface area (Å²) in [5, 5.41) is 0.568. The van der Waals surface area contributed by atoms with Gasteiger partial charge in [0.1, 0.15) is 11.5 Å². The van der Waals surface area contributed by atoms with Gasteiger partial charge < -0.3 is 14.4 Å². The summed E-state index contributed by atoms with van der Waals surface area (Å²) in [6.45, 7) is 2.93. The summed E-state index contributed by atoms with van der Waals surface area (Å²) in [6, 6.07) is 7.19. The van der Waals surface area contributed by atoms with E-state index in [1.54, 1.807) is 17.0 Å². The molecular formula is C21H24ClNO4. The van der Waals surface area contributed by atoms with Crippen LogP contribution in [-0.2, 0) is 19.1 Å². The van der Waals surface area contributed by atoms with Crippen LogP contribution in [0.4, 0.5) is 5.69 Å². The molecular weight excluding hydrogens is 366 g/mol. The Labute approximate surface area is 164 Å². The second-order valence-electron chi connectivity index (χ2n) is 7.53. The molecule has 0 N–H and O–H groups in total. The second kappa shape index (κ2) is 7.28. The lowest BCUT2D eigenvalue weighted by Gasteiger charge is -2.22. The molecule has 1 aromatic rings. The molecule has 0 aromatic heterocycles. The third kappa shape index (κ3) is 3.17. The molecule has 144 valence electrons. The average molecular weight is 390 g/mol. The predicted molar refractivity (Wildman–Crippen MR) is 103 cm³/mol. The van der Waals surface area contributed by atoms with Crippen LogP contribution in [0.15, 0.2) is 36.4 Å². The summed E-state index contributed by atoms with van der Waals surface area (Å²) < 4.78 is 11.6. The van der Waals surface area contributed by atoms with Gasteiger partial charge in [-0.1, -0.05) is 56.0 Å². The van der Waals surface area contributed by atoms with Gasteiger partial charge in [0.05, 0.1) is 25.2 Å². The molecule has 0 aliphatic carbocycles. The number of nitrogens with zero attached hydrogens (tertiary/aromatic N) is 1. The molecule has 2 saturated heterocycles. The standard InChI is InChI=1S/C21H24ClNO4/c1-2-3-4-5-11-26-20(25)17-16-9-10-21(27-16)13-23(19(24)18(17)21)15-8-6-7-14(22)12-15/h6-10,12,16-18H,2-5,11,13H2,1H3/t16-,17-,18+,21-/m1/s1. The molecule has 2 bridgehead atoms. The van der Waals surface area contributed by atoms with Crippen LogP contribution in [0.25, 0.3) is 0 Å². The van der Waals surface area contributed by atoms with E-state index in [0.717, 1.165) is 31.4 Å². The van der Waals surface area contributed by atoms with Gasteiger partial charge in [-0.25, -0.2) is 0 Å². The summed E-state index contributed by atoms with van der Waals surface area (Å²) in [6.07, 6.45) is 7.63. The SMILES string of the molecule is CCCCCCOC(=O)[C@H]1[C@H]2C(=O)N(c3cccc(Cl)c3)C[C@]23C=C[C@H]1O3. The summed E-state index contributed by atoms with van der Waals surface area (Å²) in [7, 11) is 0. The van der Waals surface area contributed by atoms with Gasteiger partial charge in [0.2, 0.25) is 5.91 Å². The Bertz CT molecular complexity index is 779. The minimum Gasteiger partial charge on any atom is -0.465 e. The summed E-state index contributed by atoms with van der Waals surface area (Å²) in [4.78, 5) is 27.6. The van der Waals surface area contributed by atoms with Crippen LogP contribution >= 0.6 is 11.6 Å². The van der Waals surface area contributed by atoms with E-state index in [1.165, 1.54) is 0 Å². The third-order valence-electron chi connectivity index (χ3n) is 5.73. The molecule has 3 aliphatic rings. The number of hydrogen-bond donors (Lipinski definition) is 0. The lowest BCUT2D eigenvalue weighted by atomic mass is 9.77. The van der Waals surface area contributed by atoms with E-state index in [-0.39, 0.29) is 18.0 Å². The van der Waals surface area contributed by atoms with E-state index in [0.29, 0.717) is 18.2 Å². The molecule has 0 radical (unpaired) electrons. The van der Waals surface area contributed by atoms with Crippen molar-refractivity contribution in [1.82, 2.24) is 0 Å². The first kappa shape index (κ1) is 18.5. The van der Waals surface area contributed by atoms with Crippen molar-refractivity contribution in [2.75, 3.05) is 18.1 Å². The lowest BCUT2D eigenvalue weighted by Crippen LogP contribution is -2.40. The van der Waals surface area contributed by atoms with E-state index < -0.39 is 17.4 Å². The van der Waals surface area contributed by atoms with Crippen molar-refractivity contribution < 1.29 is 19.1 Å². The number of fused-ring (bicyclic) bond motifs is 1. The first-order chi connectivity index (χ1) is 13.1. The number of carbonyl (C=O) groups is 2. The topological polar surface area (TPSA) is 55.8 Å². The van der Waals surface area contributed by atoms with E-state index in [4.69, 9.17) is 21.1 Å². The van der Waals surface area contributed by atoms with E-state index in [1.807, 2.05) is 24.3 Å². The summed E-state index contributed by atoms with van der Waals surface area (Å²) >= 11 is 6.08. The quantitative estimate of drug-likeness (QED) is 0.405. The van der Waals surface area contributed by atoms with Crippen LogP contribution in [0.3, 0.4) is 0 Å². The number of ether oxygens (including phenoxy) is 2. The van der Waals surface area contributed by atoms with Crippen LogP contribution in [0.1, 0.15) is 32.6 Å². The first-order valence-corrected chi connectivity index (χ1v) is 10.0. The van der Waals surface area contributed by atoms with E-state index >= 15 is 0 Å². The normalized spacial score (nSPS) is 30.8. The molecule has 5 nitrogen and oxygen atoms in total. The van der Waals surface area contributed by atoms with Crippen molar-refractivity contribution in [3.05, 3.63) is 41.4 Å². The Kier molecular flexibility index (Phi) is 4.99. The van der Waals surface area contributed by atoms with Gasteiger partial charge in [-0.3, -0.25) is 9.59 Å². The molecule has 4 atom stereocenters. The van der Waals surface area contributed by atoms with Crippen molar-refractivity contribution in [2.24, 2.45) is 11.8 Å². The first-order valence-electron chi connectivity index (χ1n) is 9.66. The van der Waals surface area contributed by atoms with Crippen LogP contribution in [-0.4, -0.2) is 36.7 Å². The maximum atomic E-state index is 13.2. The van der Waals surface area contributed by atoms with Crippen LogP contribution in [0.2, 0.25) is 5.02 Å². The Morgan fingerprint density at radius 1 is 1.37 bits per heavy atom. The number of rotatable bonds is 7. The monoisotopic (exact) mass is 389 g/mol. The summed E-state index contributed by atoms with van der Waals surface area (Å²) in [5.74, 6) is -1.53. The Balaban J connectivity index is 1.49. The number of hydrogen-bond acceptors (Lipinski definition) is 4. The highest BCUT2D eigenvalue weighted by Crippen LogP contribution is 2.53. The molecule has 27 heavy (non-hydrogen) atoms. The van der Waals surface area contributed by atoms with Gasteiger partial charge in [0, 0.05) is 10.7 Å². The number of benzene rings is 1. The largest absolute Gasteiger partial charge is 0.465 e. The predicted octanol–water partition coefficient (Wildman–Crippen LogP) is 3.75. The minimum atomic E-state index is -0.740.